The van der Waals surface area contributed by atoms with Crippen LogP contribution in [0.5, 0.6) is 5.75 Å². The molecule has 1 fully saturated rings. The van der Waals surface area contributed by atoms with E-state index in [0.717, 1.165) is 32.0 Å². The molecule has 0 aliphatic carbocycles. The maximum atomic E-state index is 12.4. The first-order chi connectivity index (χ1) is 13.5. The van der Waals surface area contributed by atoms with Crippen molar-refractivity contribution in [2.75, 3.05) is 50.1 Å². The lowest BCUT2D eigenvalue weighted by Crippen LogP contribution is -2.48. The summed E-state index contributed by atoms with van der Waals surface area (Å²) in [7, 11) is 1.37. The van der Waals surface area contributed by atoms with Gasteiger partial charge in [-0.15, -0.1) is 0 Å². The number of anilines is 2. The predicted octanol–water partition coefficient (Wildman–Crippen LogP) is 2.07. The first-order valence-electron chi connectivity index (χ1n) is 8.99. The summed E-state index contributed by atoms with van der Waals surface area (Å²) in [6.07, 6.45) is 1.77. The van der Waals surface area contributed by atoms with Crippen molar-refractivity contribution in [1.29, 1.82) is 0 Å². The summed E-state index contributed by atoms with van der Waals surface area (Å²) >= 11 is 0. The van der Waals surface area contributed by atoms with Crippen LogP contribution in [0.2, 0.25) is 0 Å². The van der Waals surface area contributed by atoms with Gasteiger partial charge in [-0.1, -0.05) is 6.07 Å². The van der Waals surface area contributed by atoms with Crippen molar-refractivity contribution in [2.24, 2.45) is 0 Å². The van der Waals surface area contributed by atoms with Crippen molar-refractivity contribution in [3.8, 4) is 5.75 Å². The number of aryl methyl sites for hydroxylation is 1. The Morgan fingerprint density at radius 2 is 2.04 bits per heavy atom. The van der Waals surface area contributed by atoms with Crippen LogP contribution in [0.4, 0.5) is 17.2 Å². The molecule has 2 aromatic rings. The summed E-state index contributed by atoms with van der Waals surface area (Å²) in [5, 5.41) is 13.9. The quantitative estimate of drug-likeness (QED) is 0.600. The minimum absolute atomic E-state index is 0.120. The van der Waals surface area contributed by atoms with Crippen LogP contribution < -0.4 is 15.0 Å². The van der Waals surface area contributed by atoms with E-state index in [9.17, 15) is 14.9 Å². The zero-order valence-electron chi connectivity index (χ0n) is 15.9. The molecule has 0 atom stereocenters. The van der Waals surface area contributed by atoms with E-state index in [1.807, 2.05) is 18.2 Å². The van der Waals surface area contributed by atoms with Gasteiger partial charge in [-0.3, -0.25) is 19.8 Å². The summed E-state index contributed by atoms with van der Waals surface area (Å²) in [4.78, 5) is 31.7. The first kappa shape index (κ1) is 19.6. The van der Waals surface area contributed by atoms with Crippen LogP contribution >= 0.6 is 0 Å². The van der Waals surface area contributed by atoms with Crippen molar-refractivity contribution < 1.29 is 14.5 Å². The second-order valence-electron chi connectivity index (χ2n) is 6.60. The van der Waals surface area contributed by atoms with Crippen LogP contribution in [-0.4, -0.2) is 60.5 Å². The molecule has 1 N–H and O–H groups in total. The minimum atomic E-state index is -0.501. The second kappa shape index (κ2) is 8.66. The number of ether oxygens (including phenoxy) is 1. The van der Waals surface area contributed by atoms with E-state index in [-0.39, 0.29) is 23.9 Å². The number of nitro groups is 1. The van der Waals surface area contributed by atoms with Gasteiger partial charge in [0, 0.05) is 50.2 Å². The van der Waals surface area contributed by atoms with Gasteiger partial charge in [0.2, 0.25) is 5.91 Å². The summed E-state index contributed by atoms with van der Waals surface area (Å²) in [5.41, 5.74) is 1.00. The Morgan fingerprint density at radius 3 is 2.64 bits per heavy atom. The number of nitrogens with zero attached hydrogens (tertiary/aromatic N) is 4. The standard InChI is InChI=1S/C19H23N5O4/c1-14-11-16(24(26)27)17(28-2)12-15(14)21-19(25)13-22-7-9-23(10-8-22)18-5-3-4-6-20-18/h3-6,11-12H,7-10,13H2,1-2H3,(H,21,25). The molecule has 0 radical (unpaired) electrons. The number of methoxy groups -OCH3 is 1. The highest BCUT2D eigenvalue weighted by Gasteiger charge is 2.21. The summed E-state index contributed by atoms with van der Waals surface area (Å²) in [6, 6.07) is 8.72. The molecule has 1 saturated heterocycles. The molecule has 9 heteroatoms. The lowest BCUT2D eigenvalue weighted by atomic mass is 10.1. The highest BCUT2D eigenvalue weighted by atomic mass is 16.6. The Balaban J connectivity index is 1.57. The van der Waals surface area contributed by atoms with Gasteiger partial charge in [0.25, 0.3) is 0 Å². The smallest absolute Gasteiger partial charge is 0.311 e. The number of piperazine rings is 1. The van der Waals surface area contributed by atoms with Crippen LogP contribution in [0, 0.1) is 17.0 Å². The molecule has 1 aliphatic rings. The molecule has 2 heterocycles. The number of benzene rings is 1. The molecule has 0 saturated carbocycles. The molecular weight excluding hydrogens is 362 g/mol. The number of hydrogen-bond donors (Lipinski definition) is 1. The molecule has 1 aromatic heterocycles. The number of nitrogens with one attached hydrogen (secondary N) is 1. The normalized spacial score (nSPS) is 14.6. The molecule has 0 unspecified atom stereocenters. The van der Waals surface area contributed by atoms with Crippen molar-refractivity contribution in [3.05, 3.63) is 52.2 Å². The third-order valence-corrected chi connectivity index (χ3v) is 4.71. The maximum absolute atomic E-state index is 12.4. The van der Waals surface area contributed by atoms with Crippen LogP contribution in [0.15, 0.2) is 36.5 Å². The van der Waals surface area contributed by atoms with E-state index in [1.165, 1.54) is 19.2 Å². The molecule has 1 aliphatic heterocycles. The number of carbonyl (C=O) groups is 1. The molecule has 1 amide bonds. The largest absolute Gasteiger partial charge is 0.490 e. The Hall–Kier alpha value is -3.20. The molecule has 0 bridgehead atoms. The van der Waals surface area contributed by atoms with Crippen LogP contribution in [0.3, 0.4) is 0 Å². The van der Waals surface area contributed by atoms with E-state index >= 15 is 0 Å². The van der Waals surface area contributed by atoms with E-state index in [0.29, 0.717) is 11.3 Å². The molecule has 9 nitrogen and oxygen atoms in total. The lowest BCUT2D eigenvalue weighted by Gasteiger charge is -2.34. The van der Waals surface area contributed by atoms with Crippen LogP contribution in [0.25, 0.3) is 0 Å². The number of amides is 1. The highest BCUT2D eigenvalue weighted by Crippen LogP contribution is 2.32. The zero-order chi connectivity index (χ0) is 20.1. The molecular formula is C19H23N5O4. The number of hydrogen-bond acceptors (Lipinski definition) is 7. The van der Waals surface area contributed by atoms with Crippen molar-refractivity contribution in [1.82, 2.24) is 9.88 Å². The average Bonchev–Trinajstić information content (AvgIpc) is 2.70. The van der Waals surface area contributed by atoms with Crippen LogP contribution in [-0.2, 0) is 4.79 Å². The van der Waals surface area contributed by atoms with Gasteiger partial charge in [-0.05, 0) is 24.6 Å². The molecule has 3 rings (SSSR count). The topological polar surface area (TPSA) is 101 Å². The Bertz CT molecular complexity index is 851. The summed E-state index contributed by atoms with van der Waals surface area (Å²) in [6.45, 7) is 5.09. The number of carbonyl (C=O) groups excluding carboxylic acids is 1. The fraction of sp³-hybridized carbons (Fsp3) is 0.368. The van der Waals surface area contributed by atoms with Gasteiger partial charge in [-0.25, -0.2) is 4.98 Å². The monoisotopic (exact) mass is 385 g/mol. The number of rotatable bonds is 6. The first-order valence-corrected chi connectivity index (χ1v) is 8.99. The average molecular weight is 385 g/mol. The van der Waals surface area contributed by atoms with Gasteiger partial charge < -0.3 is 15.0 Å². The molecule has 0 spiro atoms. The van der Waals surface area contributed by atoms with Crippen LogP contribution in [0.1, 0.15) is 5.56 Å². The molecule has 148 valence electrons. The van der Waals surface area contributed by atoms with Crippen molar-refractivity contribution >= 4 is 23.1 Å². The Morgan fingerprint density at radius 1 is 1.29 bits per heavy atom. The second-order valence-corrected chi connectivity index (χ2v) is 6.60. The molecule has 28 heavy (non-hydrogen) atoms. The van der Waals surface area contributed by atoms with E-state index in [2.05, 4.69) is 20.1 Å². The van der Waals surface area contributed by atoms with Gasteiger partial charge in [-0.2, -0.15) is 0 Å². The van der Waals surface area contributed by atoms with Gasteiger partial charge in [0.1, 0.15) is 5.82 Å². The van der Waals surface area contributed by atoms with Gasteiger partial charge in [0.05, 0.1) is 18.6 Å². The number of aromatic nitrogens is 1. The van der Waals surface area contributed by atoms with Gasteiger partial charge >= 0.3 is 5.69 Å². The van der Waals surface area contributed by atoms with Crippen molar-refractivity contribution in [2.45, 2.75) is 6.92 Å². The summed E-state index contributed by atoms with van der Waals surface area (Å²) < 4.78 is 5.07. The fourth-order valence-corrected chi connectivity index (χ4v) is 3.18. The number of nitro benzene ring substituents is 1. The highest BCUT2D eigenvalue weighted by molar-refractivity contribution is 5.93. The third-order valence-electron chi connectivity index (χ3n) is 4.71. The predicted molar refractivity (Wildman–Crippen MR) is 106 cm³/mol. The van der Waals surface area contributed by atoms with E-state index < -0.39 is 4.92 Å². The third kappa shape index (κ3) is 4.55. The SMILES string of the molecule is COc1cc(NC(=O)CN2CCN(c3ccccn3)CC2)c(C)cc1[N+](=O)[O-]. The Kier molecular flexibility index (Phi) is 6.05. The number of pyridine rings is 1. The van der Waals surface area contributed by atoms with E-state index in [1.54, 1.807) is 13.1 Å². The van der Waals surface area contributed by atoms with Gasteiger partial charge in [0.15, 0.2) is 5.75 Å². The maximum Gasteiger partial charge on any atom is 0.311 e. The molecule has 1 aromatic carbocycles. The van der Waals surface area contributed by atoms with E-state index in [4.69, 9.17) is 4.74 Å². The minimum Gasteiger partial charge on any atom is -0.490 e. The summed E-state index contributed by atoms with van der Waals surface area (Å²) in [5.74, 6) is 0.903. The fourth-order valence-electron chi connectivity index (χ4n) is 3.18. The lowest BCUT2D eigenvalue weighted by molar-refractivity contribution is -0.385. The zero-order valence-corrected chi connectivity index (χ0v) is 15.9. The van der Waals surface area contributed by atoms with Crippen molar-refractivity contribution in [3.63, 3.8) is 0 Å². The Labute approximate surface area is 163 Å².